The molecule has 1 aliphatic heterocycles. The summed E-state index contributed by atoms with van der Waals surface area (Å²) in [4.78, 5) is 35.6. The fraction of sp³-hybridized carbons (Fsp3) is 0.471. The maximum atomic E-state index is 12.3. The quantitative estimate of drug-likeness (QED) is 0.612. The Hall–Kier alpha value is -2.41. The molecule has 0 bridgehead atoms. The molecule has 7 heteroatoms. The highest BCUT2D eigenvalue weighted by atomic mass is 16.2. The van der Waals surface area contributed by atoms with Gasteiger partial charge < -0.3 is 16.4 Å². The Balaban J connectivity index is 1.67. The Labute approximate surface area is 140 Å². The minimum absolute atomic E-state index is 0.132. The van der Waals surface area contributed by atoms with Crippen molar-refractivity contribution < 1.29 is 14.4 Å². The summed E-state index contributed by atoms with van der Waals surface area (Å²) in [5, 5.41) is 7.85. The van der Waals surface area contributed by atoms with E-state index in [1.807, 2.05) is 0 Å². The summed E-state index contributed by atoms with van der Waals surface area (Å²) < 4.78 is 0. The van der Waals surface area contributed by atoms with Crippen molar-refractivity contribution in [2.45, 2.75) is 50.2 Å². The van der Waals surface area contributed by atoms with Crippen LogP contribution >= 0.6 is 0 Å². The van der Waals surface area contributed by atoms with Gasteiger partial charge in [0.15, 0.2) is 0 Å². The lowest BCUT2D eigenvalue weighted by atomic mass is 9.90. The molecule has 2 aliphatic rings. The lowest BCUT2D eigenvalue weighted by Gasteiger charge is -2.27. The summed E-state index contributed by atoms with van der Waals surface area (Å²) in [7, 11) is 0. The van der Waals surface area contributed by atoms with E-state index >= 15 is 0 Å². The number of amides is 4. The van der Waals surface area contributed by atoms with Gasteiger partial charge in [-0.1, -0.05) is 12.1 Å². The first-order valence-corrected chi connectivity index (χ1v) is 8.19. The molecule has 0 radical (unpaired) electrons. The normalized spacial score (nSPS) is 29.8. The molecule has 0 spiro atoms. The number of imide groups is 1. The third-order valence-electron chi connectivity index (χ3n) is 4.88. The molecule has 1 unspecified atom stereocenters. The summed E-state index contributed by atoms with van der Waals surface area (Å²) in [6, 6.07) is 6.61. The molecular formula is C17H22N4O3. The zero-order valence-corrected chi connectivity index (χ0v) is 13.6. The van der Waals surface area contributed by atoms with Gasteiger partial charge in [-0.05, 0) is 50.3 Å². The van der Waals surface area contributed by atoms with Crippen molar-refractivity contribution in [2.24, 2.45) is 5.73 Å². The predicted molar refractivity (Wildman–Crippen MR) is 88.2 cm³/mol. The number of nitrogens with one attached hydrogen (secondary N) is 3. The van der Waals surface area contributed by atoms with Crippen molar-refractivity contribution in [3.8, 4) is 0 Å². The first-order valence-electron chi connectivity index (χ1n) is 8.19. The molecule has 3 rings (SSSR count). The van der Waals surface area contributed by atoms with E-state index < -0.39 is 17.5 Å². The highest BCUT2D eigenvalue weighted by Crippen LogP contribution is 2.24. The van der Waals surface area contributed by atoms with Crippen molar-refractivity contribution in [1.29, 1.82) is 0 Å². The van der Waals surface area contributed by atoms with Gasteiger partial charge in [0.25, 0.3) is 11.8 Å². The molecule has 1 saturated carbocycles. The van der Waals surface area contributed by atoms with Crippen LogP contribution in [0.5, 0.6) is 0 Å². The molecule has 24 heavy (non-hydrogen) atoms. The Morgan fingerprint density at radius 1 is 1.17 bits per heavy atom. The molecule has 5 N–H and O–H groups in total. The summed E-state index contributed by atoms with van der Waals surface area (Å²) >= 11 is 0. The summed E-state index contributed by atoms with van der Waals surface area (Å²) in [5.74, 6) is -0.532. The minimum atomic E-state index is -1.11. The number of carbonyl (C=O) groups is 3. The van der Waals surface area contributed by atoms with Crippen LogP contribution in [0.25, 0.3) is 0 Å². The number of hydrogen-bond acceptors (Lipinski definition) is 4. The van der Waals surface area contributed by atoms with Crippen LogP contribution in [0.4, 0.5) is 4.79 Å². The first-order chi connectivity index (χ1) is 11.4. The monoisotopic (exact) mass is 330 g/mol. The molecule has 1 aliphatic carbocycles. The average Bonchev–Trinajstić information content (AvgIpc) is 2.83. The fourth-order valence-corrected chi connectivity index (χ4v) is 3.23. The topological polar surface area (TPSA) is 113 Å². The van der Waals surface area contributed by atoms with Crippen LogP contribution in [0, 0.1) is 0 Å². The van der Waals surface area contributed by atoms with Gasteiger partial charge in [0.1, 0.15) is 5.54 Å². The Morgan fingerprint density at radius 3 is 2.33 bits per heavy atom. The number of rotatable bonds is 3. The molecule has 1 aromatic carbocycles. The van der Waals surface area contributed by atoms with Crippen molar-refractivity contribution in [1.82, 2.24) is 16.0 Å². The second kappa shape index (κ2) is 6.24. The molecule has 128 valence electrons. The lowest BCUT2D eigenvalue weighted by molar-refractivity contribution is -0.123. The van der Waals surface area contributed by atoms with E-state index in [-0.39, 0.29) is 18.0 Å². The van der Waals surface area contributed by atoms with Gasteiger partial charge >= 0.3 is 6.03 Å². The summed E-state index contributed by atoms with van der Waals surface area (Å²) in [5.41, 5.74) is 5.93. The van der Waals surface area contributed by atoms with Gasteiger partial charge in [0, 0.05) is 17.6 Å². The van der Waals surface area contributed by atoms with E-state index in [1.54, 1.807) is 31.2 Å². The summed E-state index contributed by atoms with van der Waals surface area (Å²) in [6.07, 6.45) is 3.65. The second-order valence-corrected chi connectivity index (χ2v) is 6.70. The lowest BCUT2D eigenvalue weighted by Crippen LogP contribution is -2.41. The van der Waals surface area contributed by atoms with Crippen LogP contribution < -0.4 is 21.7 Å². The number of carbonyl (C=O) groups excluding carboxylic acids is 3. The zero-order chi connectivity index (χ0) is 17.3. The molecule has 1 saturated heterocycles. The van der Waals surface area contributed by atoms with Gasteiger partial charge in [-0.3, -0.25) is 14.9 Å². The van der Waals surface area contributed by atoms with E-state index in [0.717, 1.165) is 25.7 Å². The average molecular weight is 330 g/mol. The van der Waals surface area contributed by atoms with Crippen LogP contribution in [0.3, 0.4) is 0 Å². The third kappa shape index (κ3) is 3.12. The maximum absolute atomic E-state index is 12.3. The molecule has 1 atom stereocenters. The molecule has 1 heterocycles. The van der Waals surface area contributed by atoms with Gasteiger partial charge in [-0.15, -0.1) is 0 Å². The van der Waals surface area contributed by atoms with Crippen LogP contribution in [-0.4, -0.2) is 29.9 Å². The molecule has 2 fully saturated rings. The maximum Gasteiger partial charge on any atom is 0.322 e. The molecular weight excluding hydrogens is 308 g/mol. The highest BCUT2D eigenvalue weighted by molar-refractivity contribution is 6.07. The number of nitrogens with two attached hydrogens (primary N) is 1. The van der Waals surface area contributed by atoms with E-state index in [0.29, 0.717) is 11.1 Å². The molecule has 0 aromatic heterocycles. The largest absolute Gasteiger partial charge is 0.349 e. The van der Waals surface area contributed by atoms with Crippen LogP contribution in [0.1, 0.15) is 48.5 Å². The second-order valence-electron chi connectivity index (χ2n) is 6.70. The van der Waals surface area contributed by atoms with Crippen molar-refractivity contribution in [3.63, 3.8) is 0 Å². The van der Waals surface area contributed by atoms with Crippen molar-refractivity contribution >= 4 is 17.8 Å². The van der Waals surface area contributed by atoms with E-state index in [1.165, 1.54) is 0 Å². The SMILES string of the molecule is CC1(c2ccc(C(=O)NC3CCC(N)CC3)cc2)NC(=O)NC1=O. The first kappa shape index (κ1) is 16.4. The van der Waals surface area contributed by atoms with Crippen LogP contribution in [-0.2, 0) is 10.3 Å². The van der Waals surface area contributed by atoms with Gasteiger partial charge in [0.2, 0.25) is 0 Å². The van der Waals surface area contributed by atoms with Gasteiger partial charge in [-0.25, -0.2) is 4.79 Å². The number of urea groups is 1. The summed E-state index contributed by atoms with van der Waals surface area (Å²) in [6.45, 7) is 1.63. The zero-order valence-electron chi connectivity index (χ0n) is 13.6. The van der Waals surface area contributed by atoms with E-state index in [2.05, 4.69) is 16.0 Å². The standard InChI is InChI=1S/C17H22N4O3/c1-17(15(23)20-16(24)21-17)11-4-2-10(3-5-11)14(22)19-13-8-6-12(18)7-9-13/h2-5,12-13H,6-9,18H2,1H3,(H,19,22)(H2,20,21,23,24). The molecule has 4 amide bonds. The Kier molecular flexibility index (Phi) is 4.28. The van der Waals surface area contributed by atoms with Crippen molar-refractivity contribution in [3.05, 3.63) is 35.4 Å². The smallest absolute Gasteiger partial charge is 0.322 e. The molecule has 7 nitrogen and oxygen atoms in total. The third-order valence-corrected chi connectivity index (χ3v) is 4.88. The Bertz CT molecular complexity index is 665. The van der Waals surface area contributed by atoms with Gasteiger partial charge in [0.05, 0.1) is 0 Å². The molecule has 1 aromatic rings. The Morgan fingerprint density at radius 2 is 1.79 bits per heavy atom. The predicted octanol–water partition coefficient (Wildman–Crippen LogP) is 0.741. The number of hydrogen-bond donors (Lipinski definition) is 4. The van der Waals surface area contributed by atoms with Crippen LogP contribution in [0.15, 0.2) is 24.3 Å². The van der Waals surface area contributed by atoms with Crippen LogP contribution in [0.2, 0.25) is 0 Å². The number of benzene rings is 1. The van der Waals surface area contributed by atoms with E-state index in [4.69, 9.17) is 5.73 Å². The van der Waals surface area contributed by atoms with Gasteiger partial charge in [-0.2, -0.15) is 0 Å². The minimum Gasteiger partial charge on any atom is -0.349 e. The fourth-order valence-electron chi connectivity index (χ4n) is 3.23. The van der Waals surface area contributed by atoms with Crippen molar-refractivity contribution in [2.75, 3.05) is 0 Å². The van der Waals surface area contributed by atoms with E-state index in [9.17, 15) is 14.4 Å². The highest BCUT2D eigenvalue weighted by Gasteiger charge is 2.43.